The predicted octanol–water partition coefficient (Wildman–Crippen LogP) is 7.82. The second-order valence-corrected chi connectivity index (χ2v) is 13.4. The van der Waals surface area contributed by atoms with E-state index in [0.29, 0.717) is 15.9 Å². The van der Waals surface area contributed by atoms with Crippen molar-refractivity contribution in [1.29, 1.82) is 0 Å². The van der Waals surface area contributed by atoms with E-state index in [4.69, 9.17) is 14.5 Å². The minimum atomic E-state index is -0.321. The normalized spacial score (nSPS) is 15.6. The lowest BCUT2D eigenvalue weighted by Crippen LogP contribution is -2.39. The third kappa shape index (κ3) is 5.00. The molecule has 8 rings (SSSR count). The van der Waals surface area contributed by atoms with Crippen LogP contribution in [0.2, 0.25) is 0 Å². The summed E-state index contributed by atoms with van der Waals surface area (Å²) in [5.74, 6) is 1.48. The molecular formula is C39H29BrN2O3S. The van der Waals surface area contributed by atoms with Crippen LogP contribution in [-0.2, 0) is 13.0 Å². The number of fused-ring (bicyclic) bond motifs is 4. The highest BCUT2D eigenvalue weighted by molar-refractivity contribution is 9.10. The first-order valence-electron chi connectivity index (χ1n) is 15.2. The smallest absolute Gasteiger partial charge is 0.271 e. The van der Waals surface area contributed by atoms with Crippen LogP contribution in [0.3, 0.4) is 0 Å². The number of rotatable bonds is 6. The molecule has 0 unspecified atom stereocenters. The van der Waals surface area contributed by atoms with Crippen molar-refractivity contribution in [3.63, 3.8) is 0 Å². The van der Waals surface area contributed by atoms with Crippen molar-refractivity contribution in [3.8, 4) is 11.5 Å². The molecule has 0 fully saturated rings. The highest BCUT2D eigenvalue weighted by Gasteiger charge is 2.34. The standard InChI is InChI=1S/C39H29BrN2O3S/c1-44-33-13-7-6-12-30(33)37-31-20-16-26-9-3-5-11-29(26)36(31)41-39-42(37)38(43)35(46-39)22-32-28-10-4-2-8-25(28)17-21-34(32)45-23-24-14-18-27(40)19-15-24/h2-15,17-19,21-22,37H,16,20,23H2,1H3/b35-22+/t37-/m1/s1. The van der Waals surface area contributed by atoms with Crippen molar-refractivity contribution in [2.75, 3.05) is 7.11 Å². The summed E-state index contributed by atoms with van der Waals surface area (Å²) in [7, 11) is 1.68. The molecule has 0 N–H and O–H groups in total. The highest BCUT2D eigenvalue weighted by atomic mass is 79.9. The van der Waals surface area contributed by atoms with E-state index in [2.05, 4.69) is 64.5 Å². The summed E-state index contributed by atoms with van der Waals surface area (Å²) in [6, 6.07) is 36.5. The topological polar surface area (TPSA) is 52.8 Å². The number of aromatic nitrogens is 1. The van der Waals surface area contributed by atoms with Gasteiger partial charge in [0, 0.05) is 21.2 Å². The second-order valence-electron chi connectivity index (χ2n) is 11.5. The Morgan fingerprint density at radius 3 is 2.54 bits per heavy atom. The summed E-state index contributed by atoms with van der Waals surface area (Å²) < 4.78 is 15.8. The van der Waals surface area contributed by atoms with Crippen molar-refractivity contribution >= 4 is 49.8 Å². The molecule has 0 amide bonds. The van der Waals surface area contributed by atoms with Gasteiger partial charge in [-0.3, -0.25) is 9.36 Å². The van der Waals surface area contributed by atoms with Gasteiger partial charge in [0.2, 0.25) is 0 Å². The van der Waals surface area contributed by atoms with E-state index in [1.54, 1.807) is 7.11 Å². The molecule has 2 heterocycles. The highest BCUT2D eigenvalue weighted by Crippen LogP contribution is 2.43. The molecule has 226 valence electrons. The molecule has 5 aromatic carbocycles. The summed E-state index contributed by atoms with van der Waals surface area (Å²) in [4.78, 5) is 20.4. The lowest BCUT2D eigenvalue weighted by molar-refractivity contribution is 0.306. The SMILES string of the molecule is COc1ccccc1[C@@H]1C2=C(N=c3s/c(=C/c4c(OCc5ccc(Br)cc5)ccc5ccccc45)c(=O)n31)c1ccccc1CC2. The van der Waals surface area contributed by atoms with Crippen LogP contribution in [0, 0.1) is 0 Å². The third-order valence-corrected chi connectivity index (χ3v) is 10.3. The summed E-state index contributed by atoms with van der Waals surface area (Å²) in [5.41, 5.74) is 7.36. The Hall–Kier alpha value is -4.72. The fourth-order valence-corrected chi connectivity index (χ4v) is 7.86. The van der Waals surface area contributed by atoms with Crippen LogP contribution < -0.4 is 24.4 Å². The van der Waals surface area contributed by atoms with Crippen LogP contribution in [-0.4, -0.2) is 11.7 Å². The maximum Gasteiger partial charge on any atom is 0.271 e. The average Bonchev–Trinajstić information content (AvgIpc) is 3.41. The number of allylic oxidation sites excluding steroid dienone is 1. The van der Waals surface area contributed by atoms with Gasteiger partial charge in [0.25, 0.3) is 5.56 Å². The van der Waals surface area contributed by atoms with Crippen molar-refractivity contribution in [2.45, 2.75) is 25.5 Å². The quantitative estimate of drug-likeness (QED) is 0.180. The Labute approximate surface area is 278 Å². The van der Waals surface area contributed by atoms with Crippen LogP contribution in [0.25, 0.3) is 22.5 Å². The monoisotopic (exact) mass is 684 g/mol. The number of halogens is 1. The van der Waals surface area contributed by atoms with Crippen LogP contribution in [0.4, 0.5) is 0 Å². The van der Waals surface area contributed by atoms with Gasteiger partial charge in [0.15, 0.2) is 4.80 Å². The number of ether oxygens (including phenoxy) is 2. The largest absolute Gasteiger partial charge is 0.496 e. The van der Waals surface area contributed by atoms with Crippen LogP contribution in [0.15, 0.2) is 129 Å². The maximum absolute atomic E-state index is 14.6. The molecule has 5 nitrogen and oxygen atoms in total. The number of benzene rings is 5. The molecule has 0 bridgehead atoms. The number of aryl methyl sites for hydroxylation is 1. The van der Waals surface area contributed by atoms with Crippen molar-refractivity contribution < 1.29 is 9.47 Å². The Kier molecular flexibility index (Phi) is 7.43. The maximum atomic E-state index is 14.6. The number of hydrogen-bond acceptors (Lipinski definition) is 5. The Morgan fingerprint density at radius 2 is 1.67 bits per heavy atom. The number of para-hydroxylation sites is 1. The lowest BCUT2D eigenvalue weighted by atomic mass is 9.83. The van der Waals surface area contributed by atoms with Gasteiger partial charge in [-0.1, -0.05) is 112 Å². The van der Waals surface area contributed by atoms with E-state index in [9.17, 15) is 4.79 Å². The molecule has 7 heteroatoms. The van der Waals surface area contributed by atoms with Gasteiger partial charge in [-0.25, -0.2) is 4.99 Å². The first kappa shape index (κ1) is 28.7. The molecule has 2 aliphatic rings. The number of methoxy groups -OCH3 is 1. The minimum absolute atomic E-state index is 0.0724. The second kappa shape index (κ2) is 11.9. The van der Waals surface area contributed by atoms with Gasteiger partial charge in [0.1, 0.15) is 18.1 Å². The van der Waals surface area contributed by atoms with Crippen LogP contribution in [0.1, 0.15) is 40.3 Å². The lowest BCUT2D eigenvalue weighted by Gasteiger charge is -2.31. The van der Waals surface area contributed by atoms with Gasteiger partial charge in [-0.15, -0.1) is 0 Å². The molecule has 1 aliphatic carbocycles. The van der Waals surface area contributed by atoms with Crippen molar-refractivity contribution in [2.24, 2.45) is 4.99 Å². The van der Waals surface area contributed by atoms with Gasteiger partial charge in [0.05, 0.1) is 23.4 Å². The van der Waals surface area contributed by atoms with Gasteiger partial charge < -0.3 is 9.47 Å². The van der Waals surface area contributed by atoms with E-state index in [-0.39, 0.29) is 11.6 Å². The third-order valence-electron chi connectivity index (χ3n) is 8.82. The van der Waals surface area contributed by atoms with Gasteiger partial charge >= 0.3 is 0 Å². The molecule has 0 saturated carbocycles. The fraction of sp³-hybridized carbons (Fsp3) is 0.128. The molecule has 46 heavy (non-hydrogen) atoms. The molecule has 0 spiro atoms. The zero-order chi connectivity index (χ0) is 31.2. The Balaban J connectivity index is 1.33. The first-order valence-corrected chi connectivity index (χ1v) is 16.8. The zero-order valence-corrected chi connectivity index (χ0v) is 27.5. The fourth-order valence-electron chi connectivity index (χ4n) is 6.61. The van der Waals surface area contributed by atoms with E-state index in [0.717, 1.165) is 73.1 Å². The molecular weight excluding hydrogens is 656 g/mol. The molecule has 1 atom stereocenters. The van der Waals surface area contributed by atoms with Gasteiger partial charge in [-0.2, -0.15) is 0 Å². The van der Waals surface area contributed by atoms with Crippen molar-refractivity contribution in [3.05, 3.63) is 167 Å². The van der Waals surface area contributed by atoms with Crippen LogP contribution in [0.5, 0.6) is 11.5 Å². The van der Waals surface area contributed by atoms with E-state index >= 15 is 0 Å². The van der Waals surface area contributed by atoms with E-state index < -0.39 is 0 Å². The molecule has 0 radical (unpaired) electrons. The average molecular weight is 686 g/mol. The molecule has 0 saturated heterocycles. The first-order chi connectivity index (χ1) is 22.6. The van der Waals surface area contributed by atoms with Gasteiger partial charge in [-0.05, 0) is 70.7 Å². The molecule has 1 aliphatic heterocycles. The number of thiazole rings is 1. The zero-order valence-electron chi connectivity index (χ0n) is 25.1. The summed E-state index contributed by atoms with van der Waals surface area (Å²) in [5, 5.41) is 2.10. The number of nitrogens with zero attached hydrogens (tertiary/aromatic N) is 2. The minimum Gasteiger partial charge on any atom is -0.496 e. The van der Waals surface area contributed by atoms with E-state index in [1.165, 1.54) is 16.9 Å². The Morgan fingerprint density at radius 1 is 0.891 bits per heavy atom. The molecule has 6 aromatic rings. The van der Waals surface area contributed by atoms with Crippen LogP contribution >= 0.6 is 27.3 Å². The summed E-state index contributed by atoms with van der Waals surface area (Å²) >= 11 is 4.93. The van der Waals surface area contributed by atoms with Crippen molar-refractivity contribution in [1.82, 2.24) is 4.57 Å². The number of hydrogen-bond donors (Lipinski definition) is 0. The molecule has 1 aromatic heterocycles. The summed E-state index contributed by atoms with van der Waals surface area (Å²) in [6.07, 6.45) is 3.70. The van der Waals surface area contributed by atoms with E-state index in [1.807, 2.05) is 71.3 Å². The summed E-state index contributed by atoms with van der Waals surface area (Å²) in [6.45, 7) is 0.410. The predicted molar refractivity (Wildman–Crippen MR) is 188 cm³/mol. The Bertz CT molecular complexity index is 2350.